The molecule has 1 aliphatic rings. The molecule has 1 aromatic rings. The number of amides is 2. The van der Waals surface area contributed by atoms with Gasteiger partial charge in [0.15, 0.2) is 22.9 Å². The second kappa shape index (κ2) is 9.52. The van der Waals surface area contributed by atoms with E-state index in [9.17, 15) is 18.0 Å². The third kappa shape index (κ3) is 6.04. The fraction of sp³-hybridized carbons (Fsp3) is 0.600. The molecule has 1 aliphatic heterocycles. The Morgan fingerprint density at radius 2 is 1.96 bits per heavy atom. The van der Waals surface area contributed by atoms with Crippen molar-refractivity contribution in [2.45, 2.75) is 39.7 Å². The second-order valence-corrected chi connectivity index (χ2v) is 9.98. The van der Waals surface area contributed by atoms with Gasteiger partial charge in [0, 0.05) is 18.3 Å². The number of nitrogens with one attached hydrogen (secondary N) is 2. The third-order valence-corrected chi connectivity index (χ3v) is 6.98. The topological polar surface area (TPSA) is 88.0 Å². The molecule has 7 nitrogen and oxygen atoms in total. The van der Waals surface area contributed by atoms with Gasteiger partial charge >= 0.3 is 0 Å². The van der Waals surface area contributed by atoms with Crippen LogP contribution in [0.4, 0.5) is 5.69 Å². The number of anilines is 1. The summed E-state index contributed by atoms with van der Waals surface area (Å²) < 4.78 is 23.5. The highest BCUT2D eigenvalue weighted by atomic mass is 32.2. The molecule has 1 heterocycles. The molecule has 2 atom stereocenters. The molecule has 0 saturated carbocycles. The second-order valence-electron chi connectivity index (χ2n) is 7.75. The zero-order valence-corrected chi connectivity index (χ0v) is 18.1. The molecule has 1 unspecified atom stereocenters. The smallest absolute Gasteiger partial charge is 0.279 e. The molecule has 2 N–H and O–H groups in total. The minimum Gasteiger partial charge on any atom is -0.334 e. The summed E-state index contributed by atoms with van der Waals surface area (Å²) >= 11 is 0. The molecule has 1 fully saturated rings. The Morgan fingerprint density at radius 3 is 2.57 bits per heavy atom. The van der Waals surface area contributed by atoms with Crippen LogP contribution in [-0.2, 0) is 19.4 Å². The average Bonchev–Trinajstić information content (AvgIpc) is 2.96. The Hall–Kier alpha value is -1.93. The summed E-state index contributed by atoms with van der Waals surface area (Å²) in [4.78, 5) is 27.6. The average molecular weight is 411 g/mol. The van der Waals surface area contributed by atoms with Crippen molar-refractivity contribution in [3.63, 3.8) is 0 Å². The van der Waals surface area contributed by atoms with E-state index in [-0.39, 0.29) is 42.5 Å². The molecule has 0 aromatic heterocycles. The minimum absolute atomic E-state index is 0.0465. The normalized spacial score (nSPS) is 19.2. The molecule has 28 heavy (non-hydrogen) atoms. The van der Waals surface area contributed by atoms with E-state index in [0.717, 1.165) is 28.1 Å². The number of carbonyl (C=O) groups excluding carboxylic acids is 2. The third-order valence-electron chi connectivity index (χ3n) is 5.23. The number of carbonyl (C=O) groups is 2. The summed E-state index contributed by atoms with van der Waals surface area (Å²) in [5.41, 5.74) is 2.92. The van der Waals surface area contributed by atoms with Crippen molar-refractivity contribution in [1.82, 2.24) is 4.90 Å². The summed E-state index contributed by atoms with van der Waals surface area (Å²) in [5, 5.41) is 2.91. The molecular weight excluding hydrogens is 378 g/mol. The first-order valence-electron chi connectivity index (χ1n) is 9.80. The quantitative estimate of drug-likeness (QED) is 0.640. The number of hydrogen-bond donors (Lipinski definition) is 2. The maximum Gasteiger partial charge on any atom is 0.279 e. The van der Waals surface area contributed by atoms with Gasteiger partial charge in [-0.15, -0.1) is 0 Å². The van der Waals surface area contributed by atoms with Gasteiger partial charge in [-0.3, -0.25) is 9.59 Å². The van der Waals surface area contributed by atoms with Gasteiger partial charge in [0.25, 0.3) is 11.8 Å². The Labute approximate surface area is 168 Å². The van der Waals surface area contributed by atoms with Crippen molar-refractivity contribution >= 4 is 27.3 Å². The van der Waals surface area contributed by atoms with Gasteiger partial charge in [-0.1, -0.05) is 19.1 Å². The van der Waals surface area contributed by atoms with Gasteiger partial charge < -0.3 is 15.1 Å². The molecule has 1 aromatic carbocycles. The number of nitrogens with zero attached hydrogens (tertiary/aromatic N) is 1. The number of sulfone groups is 1. The van der Waals surface area contributed by atoms with Crippen molar-refractivity contribution in [1.29, 1.82) is 0 Å². The van der Waals surface area contributed by atoms with E-state index in [1.807, 2.05) is 39.0 Å². The lowest BCUT2D eigenvalue weighted by Gasteiger charge is -2.28. The van der Waals surface area contributed by atoms with Crippen LogP contribution in [0.3, 0.4) is 0 Å². The first-order chi connectivity index (χ1) is 13.1. The van der Waals surface area contributed by atoms with E-state index in [0.29, 0.717) is 13.0 Å². The van der Waals surface area contributed by atoms with Crippen LogP contribution in [0, 0.1) is 13.8 Å². The highest BCUT2D eigenvalue weighted by Crippen LogP contribution is 2.18. The number of quaternary nitrogens is 1. The molecule has 1 saturated heterocycles. The Morgan fingerprint density at radius 1 is 1.25 bits per heavy atom. The highest BCUT2D eigenvalue weighted by molar-refractivity contribution is 7.91. The van der Waals surface area contributed by atoms with Gasteiger partial charge in [0.05, 0.1) is 18.6 Å². The zero-order valence-electron chi connectivity index (χ0n) is 17.2. The lowest BCUT2D eigenvalue weighted by atomic mass is 10.1. The number of hydrogen-bond acceptors (Lipinski definition) is 4. The van der Waals surface area contributed by atoms with E-state index >= 15 is 0 Å². The predicted octanol–water partition coefficient (Wildman–Crippen LogP) is 0.182. The molecule has 8 heteroatoms. The van der Waals surface area contributed by atoms with Gasteiger partial charge in [-0.25, -0.2) is 8.42 Å². The van der Waals surface area contributed by atoms with Crippen molar-refractivity contribution in [2.75, 3.05) is 43.5 Å². The molecular formula is C20H32N3O4S+. The summed E-state index contributed by atoms with van der Waals surface area (Å²) in [7, 11) is -1.25. The summed E-state index contributed by atoms with van der Waals surface area (Å²) in [6.07, 6.45) is 1.27. The summed E-state index contributed by atoms with van der Waals surface area (Å²) in [6.45, 7) is 6.80. The van der Waals surface area contributed by atoms with Gasteiger partial charge in [-0.2, -0.15) is 0 Å². The van der Waals surface area contributed by atoms with Crippen molar-refractivity contribution < 1.29 is 22.9 Å². The van der Waals surface area contributed by atoms with Gasteiger partial charge in [-0.05, 0) is 43.9 Å². The Balaban J connectivity index is 1.92. The van der Waals surface area contributed by atoms with Crippen molar-refractivity contribution in [3.8, 4) is 0 Å². The minimum atomic E-state index is -3.05. The SMILES string of the molecule is CCCN(C(=O)C[NH+](C)CC(=O)Nc1cccc(C)c1C)[C@@H]1CCS(=O)(=O)C1. The largest absolute Gasteiger partial charge is 0.334 e. The van der Waals surface area contributed by atoms with Gasteiger partial charge in [0.1, 0.15) is 0 Å². The number of benzene rings is 1. The van der Waals surface area contributed by atoms with Crippen LogP contribution in [0.2, 0.25) is 0 Å². The number of rotatable bonds is 8. The molecule has 0 aliphatic carbocycles. The first kappa shape index (κ1) is 22.4. The van der Waals surface area contributed by atoms with Crippen molar-refractivity contribution in [2.24, 2.45) is 0 Å². The zero-order chi connectivity index (χ0) is 20.9. The lowest BCUT2D eigenvalue weighted by molar-refractivity contribution is -0.862. The fourth-order valence-corrected chi connectivity index (χ4v) is 5.28. The van der Waals surface area contributed by atoms with E-state index in [4.69, 9.17) is 0 Å². The van der Waals surface area contributed by atoms with Crippen LogP contribution in [0.1, 0.15) is 30.9 Å². The standard InChI is InChI=1S/C20H31N3O4S/c1-5-10-23(17-9-11-28(26,27)14-17)20(25)13-22(4)12-19(24)21-18-8-6-7-15(2)16(18)3/h6-8,17H,5,9-14H2,1-4H3,(H,21,24)/p+1/t17-/m1/s1. The molecule has 0 radical (unpaired) electrons. The first-order valence-corrected chi connectivity index (χ1v) is 11.6. The highest BCUT2D eigenvalue weighted by Gasteiger charge is 2.35. The molecule has 0 bridgehead atoms. The molecule has 0 spiro atoms. The molecule has 2 rings (SSSR count). The predicted molar refractivity (Wildman–Crippen MR) is 110 cm³/mol. The lowest BCUT2D eigenvalue weighted by Crippen LogP contribution is -3.11. The van der Waals surface area contributed by atoms with Crippen LogP contribution < -0.4 is 10.2 Å². The van der Waals surface area contributed by atoms with Crippen LogP contribution in [0.5, 0.6) is 0 Å². The maximum absolute atomic E-state index is 12.8. The van der Waals surface area contributed by atoms with Crippen LogP contribution in [0.25, 0.3) is 0 Å². The summed E-state index contributed by atoms with van der Waals surface area (Å²) in [6, 6.07) is 5.52. The van der Waals surface area contributed by atoms with E-state index in [1.54, 1.807) is 11.9 Å². The monoisotopic (exact) mass is 410 g/mol. The number of likely N-dealkylation sites (N-methyl/N-ethyl adjacent to an activating group) is 1. The van der Waals surface area contributed by atoms with E-state index < -0.39 is 9.84 Å². The maximum atomic E-state index is 12.8. The van der Waals surface area contributed by atoms with E-state index in [1.165, 1.54) is 0 Å². The Bertz CT molecular complexity index is 823. The van der Waals surface area contributed by atoms with Gasteiger partial charge in [0.2, 0.25) is 0 Å². The van der Waals surface area contributed by atoms with E-state index in [2.05, 4.69) is 5.32 Å². The fourth-order valence-electron chi connectivity index (χ4n) is 3.55. The summed E-state index contributed by atoms with van der Waals surface area (Å²) in [5.74, 6) is -0.0534. The Kier molecular flexibility index (Phi) is 7.60. The van der Waals surface area contributed by atoms with Crippen LogP contribution in [0.15, 0.2) is 18.2 Å². The van der Waals surface area contributed by atoms with Crippen LogP contribution in [-0.4, -0.2) is 69.4 Å². The molecule has 156 valence electrons. The number of aryl methyl sites for hydroxylation is 1. The van der Waals surface area contributed by atoms with Crippen LogP contribution >= 0.6 is 0 Å². The molecule has 2 amide bonds. The van der Waals surface area contributed by atoms with Crippen molar-refractivity contribution in [3.05, 3.63) is 29.3 Å².